The predicted octanol–water partition coefficient (Wildman–Crippen LogP) is 4.10. The van der Waals surface area contributed by atoms with E-state index >= 15 is 0 Å². The molecule has 1 aromatic heterocycles. The summed E-state index contributed by atoms with van der Waals surface area (Å²) in [6.07, 6.45) is -0.744. The maximum absolute atomic E-state index is 13.5. The smallest absolute Gasteiger partial charge is 0.339 e. The van der Waals surface area contributed by atoms with Crippen LogP contribution in [0, 0.1) is 12.7 Å². The molecule has 3 aromatic rings. The molecule has 0 unspecified atom stereocenters. The van der Waals surface area contributed by atoms with Crippen molar-refractivity contribution in [2.75, 3.05) is 0 Å². The number of rotatable bonds is 4. The highest BCUT2D eigenvalue weighted by molar-refractivity contribution is 5.89. The standard InChI is InChI=1S/C18H15FN2O3/c1-11-8-9-14(10-15(11)19)18(22)23-12(2)16-20-21-17(24-16)13-6-4-3-5-7-13/h3-10,12H,1-2H3/t12-/m0/s1. The third-order valence-corrected chi connectivity index (χ3v) is 3.50. The minimum Gasteiger partial charge on any atom is -0.449 e. The molecule has 122 valence electrons. The molecule has 0 saturated heterocycles. The number of carbonyl (C=O) groups is 1. The van der Waals surface area contributed by atoms with E-state index in [0.717, 1.165) is 11.6 Å². The highest BCUT2D eigenvalue weighted by Crippen LogP contribution is 2.23. The Hall–Kier alpha value is -3.02. The fraction of sp³-hybridized carbons (Fsp3) is 0.167. The molecule has 0 radical (unpaired) electrons. The number of ether oxygens (including phenoxy) is 1. The molecule has 3 rings (SSSR count). The van der Waals surface area contributed by atoms with E-state index in [1.165, 1.54) is 12.1 Å². The molecule has 0 aliphatic rings. The van der Waals surface area contributed by atoms with E-state index in [1.807, 2.05) is 30.3 Å². The quantitative estimate of drug-likeness (QED) is 0.675. The second-order valence-corrected chi connectivity index (χ2v) is 5.32. The Kier molecular flexibility index (Phi) is 4.37. The minimum absolute atomic E-state index is 0.132. The molecule has 1 heterocycles. The summed E-state index contributed by atoms with van der Waals surface area (Å²) in [5, 5.41) is 7.85. The lowest BCUT2D eigenvalue weighted by molar-refractivity contribution is 0.0279. The first-order chi connectivity index (χ1) is 11.5. The van der Waals surface area contributed by atoms with Gasteiger partial charge in [-0.2, -0.15) is 0 Å². The first-order valence-electron chi connectivity index (χ1n) is 7.40. The van der Waals surface area contributed by atoms with E-state index in [4.69, 9.17) is 9.15 Å². The van der Waals surface area contributed by atoms with Gasteiger partial charge in [-0.1, -0.05) is 24.3 Å². The molecule has 0 amide bonds. The number of aryl methyl sites for hydroxylation is 1. The van der Waals surface area contributed by atoms with E-state index in [0.29, 0.717) is 11.5 Å². The Bertz CT molecular complexity index is 862. The Morgan fingerprint density at radius 3 is 2.62 bits per heavy atom. The third-order valence-electron chi connectivity index (χ3n) is 3.50. The number of carbonyl (C=O) groups excluding carboxylic acids is 1. The summed E-state index contributed by atoms with van der Waals surface area (Å²) >= 11 is 0. The van der Waals surface area contributed by atoms with Gasteiger partial charge in [-0.3, -0.25) is 0 Å². The number of hydrogen-bond acceptors (Lipinski definition) is 5. The van der Waals surface area contributed by atoms with Crippen LogP contribution in [0.2, 0.25) is 0 Å². The monoisotopic (exact) mass is 326 g/mol. The fourth-order valence-corrected chi connectivity index (χ4v) is 2.10. The average molecular weight is 326 g/mol. The summed E-state index contributed by atoms with van der Waals surface area (Å²) in [6, 6.07) is 13.4. The van der Waals surface area contributed by atoms with Crippen molar-refractivity contribution in [3.8, 4) is 11.5 Å². The zero-order chi connectivity index (χ0) is 17.1. The van der Waals surface area contributed by atoms with Gasteiger partial charge in [0.05, 0.1) is 5.56 Å². The Balaban J connectivity index is 1.73. The van der Waals surface area contributed by atoms with E-state index in [9.17, 15) is 9.18 Å². The number of hydrogen-bond donors (Lipinski definition) is 0. The van der Waals surface area contributed by atoms with Gasteiger partial charge in [0.25, 0.3) is 5.89 Å². The summed E-state index contributed by atoms with van der Waals surface area (Å²) in [4.78, 5) is 12.1. The minimum atomic E-state index is -0.744. The lowest BCUT2D eigenvalue weighted by atomic mass is 10.1. The molecule has 0 bridgehead atoms. The number of esters is 1. The maximum Gasteiger partial charge on any atom is 0.339 e. The van der Waals surface area contributed by atoms with Crippen LogP contribution in [0.25, 0.3) is 11.5 Å². The number of aromatic nitrogens is 2. The molecule has 0 N–H and O–H groups in total. The summed E-state index contributed by atoms with van der Waals surface area (Å²) in [6.45, 7) is 3.24. The van der Waals surface area contributed by atoms with Gasteiger partial charge in [-0.15, -0.1) is 10.2 Å². The van der Waals surface area contributed by atoms with Crippen LogP contribution in [-0.4, -0.2) is 16.2 Å². The molecule has 2 aromatic carbocycles. The van der Waals surface area contributed by atoms with Crippen molar-refractivity contribution in [2.45, 2.75) is 20.0 Å². The molecular weight excluding hydrogens is 311 g/mol. The summed E-state index contributed by atoms with van der Waals surface area (Å²) in [5.41, 5.74) is 1.37. The lowest BCUT2D eigenvalue weighted by Crippen LogP contribution is -2.10. The van der Waals surface area contributed by atoms with Crippen LogP contribution in [0.5, 0.6) is 0 Å². The molecule has 6 heteroatoms. The van der Waals surface area contributed by atoms with Crippen molar-refractivity contribution in [1.82, 2.24) is 10.2 Å². The fourth-order valence-electron chi connectivity index (χ4n) is 2.10. The van der Waals surface area contributed by atoms with Crippen LogP contribution in [0.4, 0.5) is 4.39 Å². The molecule has 0 spiro atoms. The number of benzene rings is 2. The van der Waals surface area contributed by atoms with Gasteiger partial charge in [-0.25, -0.2) is 9.18 Å². The molecule has 5 nitrogen and oxygen atoms in total. The zero-order valence-electron chi connectivity index (χ0n) is 13.2. The largest absolute Gasteiger partial charge is 0.449 e. The molecule has 24 heavy (non-hydrogen) atoms. The van der Waals surface area contributed by atoms with Gasteiger partial charge in [0.15, 0.2) is 6.10 Å². The van der Waals surface area contributed by atoms with Gasteiger partial charge >= 0.3 is 5.97 Å². The first kappa shape index (κ1) is 15.9. The van der Waals surface area contributed by atoms with Gasteiger partial charge < -0.3 is 9.15 Å². The third kappa shape index (κ3) is 3.32. The maximum atomic E-state index is 13.5. The van der Waals surface area contributed by atoms with Crippen LogP contribution >= 0.6 is 0 Å². The normalized spacial score (nSPS) is 12.0. The first-order valence-corrected chi connectivity index (χ1v) is 7.40. The summed E-state index contributed by atoms with van der Waals surface area (Å²) in [7, 11) is 0. The Labute approximate surface area is 138 Å². The molecule has 0 aliphatic heterocycles. The molecule has 1 atom stereocenters. The highest BCUT2D eigenvalue weighted by atomic mass is 19.1. The predicted molar refractivity (Wildman–Crippen MR) is 84.7 cm³/mol. The van der Waals surface area contributed by atoms with Crippen molar-refractivity contribution >= 4 is 5.97 Å². The SMILES string of the molecule is Cc1ccc(C(=O)O[C@@H](C)c2nnc(-c3ccccc3)o2)cc1F. The van der Waals surface area contributed by atoms with Crippen LogP contribution in [-0.2, 0) is 4.74 Å². The van der Waals surface area contributed by atoms with Gasteiger partial charge in [0.2, 0.25) is 5.89 Å². The second-order valence-electron chi connectivity index (χ2n) is 5.32. The van der Waals surface area contributed by atoms with Gasteiger partial charge in [0, 0.05) is 5.56 Å². The summed E-state index contributed by atoms with van der Waals surface area (Å²) < 4.78 is 24.3. The van der Waals surface area contributed by atoms with Crippen LogP contribution in [0.1, 0.15) is 34.8 Å². The molecule has 0 saturated carbocycles. The topological polar surface area (TPSA) is 65.2 Å². The molecule has 0 aliphatic carbocycles. The van der Waals surface area contributed by atoms with Crippen LogP contribution in [0.15, 0.2) is 52.9 Å². The number of halogens is 1. The lowest BCUT2D eigenvalue weighted by Gasteiger charge is -2.09. The van der Waals surface area contributed by atoms with Crippen molar-refractivity contribution in [3.63, 3.8) is 0 Å². The van der Waals surface area contributed by atoms with Crippen molar-refractivity contribution in [1.29, 1.82) is 0 Å². The van der Waals surface area contributed by atoms with Gasteiger partial charge in [0.1, 0.15) is 5.82 Å². The average Bonchev–Trinajstić information content (AvgIpc) is 3.08. The summed E-state index contributed by atoms with van der Waals surface area (Å²) in [5.74, 6) is -0.591. The second kappa shape index (κ2) is 6.62. The van der Waals surface area contributed by atoms with Crippen LogP contribution < -0.4 is 0 Å². The zero-order valence-corrected chi connectivity index (χ0v) is 13.2. The van der Waals surface area contributed by atoms with Crippen molar-refractivity contribution < 1.29 is 18.3 Å². The van der Waals surface area contributed by atoms with E-state index in [-0.39, 0.29) is 11.5 Å². The van der Waals surface area contributed by atoms with E-state index < -0.39 is 17.9 Å². The Morgan fingerprint density at radius 1 is 1.17 bits per heavy atom. The Morgan fingerprint density at radius 2 is 1.92 bits per heavy atom. The van der Waals surface area contributed by atoms with E-state index in [2.05, 4.69) is 10.2 Å². The van der Waals surface area contributed by atoms with Crippen LogP contribution in [0.3, 0.4) is 0 Å². The molecular formula is C18H15FN2O3. The van der Waals surface area contributed by atoms with Gasteiger partial charge in [-0.05, 0) is 43.7 Å². The van der Waals surface area contributed by atoms with E-state index in [1.54, 1.807) is 13.8 Å². The number of nitrogens with zero attached hydrogens (tertiary/aromatic N) is 2. The molecule has 0 fully saturated rings. The highest BCUT2D eigenvalue weighted by Gasteiger charge is 2.20. The van der Waals surface area contributed by atoms with Crippen molar-refractivity contribution in [3.05, 3.63) is 71.4 Å². The van der Waals surface area contributed by atoms with Crippen molar-refractivity contribution in [2.24, 2.45) is 0 Å².